The Morgan fingerprint density at radius 1 is 1.35 bits per heavy atom. The van der Waals surface area contributed by atoms with Crippen molar-refractivity contribution in [2.75, 3.05) is 20.0 Å². The number of carboxylic acid groups (broad SMARTS) is 1. The van der Waals surface area contributed by atoms with Crippen molar-refractivity contribution in [3.8, 4) is 5.75 Å². The zero-order valence-corrected chi connectivity index (χ0v) is 14.1. The van der Waals surface area contributed by atoms with Gasteiger partial charge in [-0.05, 0) is 19.1 Å². The number of aryl methyl sites for hydroxylation is 1. The van der Waals surface area contributed by atoms with Gasteiger partial charge in [0.15, 0.2) is 0 Å². The summed E-state index contributed by atoms with van der Waals surface area (Å²) in [5.41, 5.74) is 1.64. The van der Waals surface area contributed by atoms with Crippen molar-refractivity contribution in [2.45, 2.75) is 18.7 Å². The average Bonchev–Trinajstić information content (AvgIpc) is 2.93. The van der Waals surface area contributed by atoms with E-state index in [-0.39, 0.29) is 5.75 Å². The number of fused-ring (bicyclic) bond motifs is 1. The highest BCUT2D eigenvalue weighted by Crippen LogP contribution is 2.40. The van der Waals surface area contributed by atoms with E-state index in [9.17, 15) is 9.59 Å². The van der Waals surface area contributed by atoms with Crippen LogP contribution >= 0.6 is 11.8 Å². The Morgan fingerprint density at radius 2 is 2.09 bits per heavy atom. The van der Waals surface area contributed by atoms with Crippen LogP contribution in [0, 0.1) is 0 Å². The van der Waals surface area contributed by atoms with Crippen LogP contribution in [-0.4, -0.2) is 41.6 Å². The van der Waals surface area contributed by atoms with Crippen LogP contribution in [0.1, 0.15) is 17.7 Å². The molecule has 7 heteroatoms. The van der Waals surface area contributed by atoms with E-state index in [0.29, 0.717) is 11.3 Å². The highest BCUT2D eigenvalue weighted by atomic mass is 32.2. The lowest BCUT2D eigenvalue weighted by molar-refractivity contribution is -0.140. The van der Waals surface area contributed by atoms with E-state index in [0.717, 1.165) is 29.2 Å². The van der Waals surface area contributed by atoms with Crippen molar-refractivity contribution >= 4 is 34.6 Å². The molecule has 1 unspecified atom stereocenters. The molecule has 0 amide bonds. The Labute approximate surface area is 138 Å². The predicted molar refractivity (Wildman–Crippen MR) is 89.0 cm³/mol. The highest BCUT2D eigenvalue weighted by Gasteiger charge is 2.28. The summed E-state index contributed by atoms with van der Waals surface area (Å²) in [5, 5.41) is 9.02. The van der Waals surface area contributed by atoms with Gasteiger partial charge in [-0.1, -0.05) is 6.07 Å². The van der Waals surface area contributed by atoms with E-state index in [1.165, 1.54) is 7.11 Å². The molecule has 0 radical (unpaired) electrons. The van der Waals surface area contributed by atoms with Crippen LogP contribution in [0.2, 0.25) is 0 Å². The first kappa shape index (κ1) is 17.2. The molecule has 0 fully saturated rings. The third kappa shape index (κ3) is 3.44. The fourth-order valence-electron chi connectivity index (χ4n) is 2.53. The maximum Gasteiger partial charge on any atom is 0.323 e. The lowest BCUT2D eigenvalue weighted by Crippen LogP contribution is -2.13. The Balaban J connectivity index is 2.61. The number of benzene rings is 1. The molecule has 0 bridgehead atoms. The van der Waals surface area contributed by atoms with Crippen molar-refractivity contribution in [2.24, 2.45) is 0 Å². The van der Waals surface area contributed by atoms with Crippen molar-refractivity contribution < 1.29 is 24.2 Å². The second-order valence-electron chi connectivity index (χ2n) is 4.83. The number of aliphatic carboxylic acids is 1. The predicted octanol–water partition coefficient (Wildman–Crippen LogP) is 2.70. The van der Waals surface area contributed by atoms with Gasteiger partial charge in [0.2, 0.25) is 0 Å². The van der Waals surface area contributed by atoms with Crippen molar-refractivity contribution in [1.29, 1.82) is 0 Å². The van der Waals surface area contributed by atoms with E-state index >= 15 is 0 Å². The van der Waals surface area contributed by atoms with Gasteiger partial charge >= 0.3 is 11.9 Å². The molecule has 0 aliphatic rings. The lowest BCUT2D eigenvalue weighted by Gasteiger charge is -2.13. The third-order valence-electron chi connectivity index (χ3n) is 3.53. The second kappa shape index (κ2) is 7.41. The van der Waals surface area contributed by atoms with Gasteiger partial charge in [-0.25, -0.2) is 0 Å². The maximum atomic E-state index is 12.2. The summed E-state index contributed by atoms with van der Waals surface area (Å²) >= 11 is 1.03. The van der Waals surface area contributed by atoms with Gasteiger partial charge in [0.1, 0.15) is 11.0 Å². The zero-order chi connectivity index (χ0) is 17.0. The van der Waals surface area contributed by atoms with Gasteiger partial charge in [-0.3, -0.25) is 9.59 Å². The Bertz CT molecular complexity index is 725. The fourth-order valence-corrected chi connectivity index (χ4v) is 3.43. The van der Waals surface area contributed by atoms with Crippen LogP contribution in [0.25, 0.3) is 10.9 Å². The molecule has 1 aromatic carbocycles. The van der Waals surface area contributed by atoms with Crippen LogP contribution in [-0.2, 0) is 20.9 Å². The largest absolute Gasteiger partial charge is 0.496 e. The Morgan fingerprint density at radius 3 is 2.65 bits per heavy atom. The highest BCUT2D eigenvalue weighted by molar-refractivity contribution is 8.00. The average molecular weight is 337 g/mol. The van der Waals surface area contributed by atoms with Crippen molar-refractivity contribution in [3.05, 3.63) is 30.0 Å². The van der Waals surface area contributed by atoms with Crippen LogP contribution in [0.5, 0.6) is 5.75 Å². The minimum Gasteiger partial charge on any atom is -0.496 e. The van der Waals surface area contributed by atoms with Crippen LogP contribution in [0.4, 0.5) is 0 Å². The van der Waals surface area contributed by atoms with Gasteiger partial charge in [-0.15, -0.1) is 11.8 Å². The van der Waals surface area contributed by atoms with Crippen molar-refractivity contribution in [3.63, 3.8) is 0 Å². The molecule has 124 valence electrons. The first-order chi connectivity index (χ1) is 11.0. The van der Waals surface area contributed by atoms with E-state index in [1.54, 1.807) is 7.11 Å². The number of hydrogen-bond acceptors (Lipinski definition) is 5. The monoisotopic (exact) mass is 337 g/mol. The van der Waals surface area contributed by atoms with Crippen LogP contribution in [0.3, 0.4) is 0 Å². The van der Waals surface area contributed by atoms with E-state index in [2.05, 4.69) is 0 Å². The van der Waals surface area contributed by atoms with Gasteiger partial charge in [0.25, 0.3) is 0 Å². The summed E-state index contributed by atoms with van der Waals surface area (Å²) in [6.07, 6.45) is 1.86. The number of nitrogens with zero attached hydrogens (tertiary/aromatic N) is 1. The molecule has 0 aliphatic carbocycles. The number of rotatable bonds is 7. The Kier molecular flexibility index (Phi) is 5.54. The molecule has 1 N–H and O–H groups in total. The molecular formula is C16H19NO5S. The maximum absolute atomic E-state index is 12.2. The fraction of sp³-hybridized carbons (Fsp3) is 0.375. The number of hydrogen-bond donors (Lipinski definition) is 1. The van der Waals surface area contributed by atoms with Gasteiger partial charge in [0.05, 0.1) is 25.5 Å². The molecule has 6 nitrogen and oxygen atoms in total. The van der Waals surface area contributed by atoms with Gasteiger partial charge in [0, 0.05) is 23.7 Å². The normalized spacial score (nSPS) is 12.1. The van der Waals surface area contributed by atoms with E-state index < -0.39 is 17.2 Å². The molecule has 0 saturated heterocycles. The molecule has 0 saturated carbocycles. The first-order valence-corrected chi connectivity index (χ1v) is 8.15. The minimum absolute atomic E-state index is 0.187. The Hall–Kier alpha value is -2.15. The summed E-state index contributed by atoms with van der Waals surface area (Å²) in [4.78, 5) is 23.1. The smallest absolute Gasteiger partial charge is 0.323 e. The molecule has 1 aromatic heterocycles. The quantitative estimate of drug-likeness (QED) is 0.783. The molecule has 0 aliphatic heterocycles. The molecule has 0 spiro atoms. The molecular weight excluding hydrogens is 318 g/mol. The number of aromatic nitrogens is 1. The number of carbonyl (C=O) groups is 2. The van der Waals surface area contributed by atoms with E-state index in [4.69, 9.17) is 14.6 Å². The summed E-state index contributed by atoms with van der Waals surface area (Å²) in [6, 6.07) is 5.65. The molecule has 2 rings (SSSR count). The molecule has 1 atom stereocenters. The minimum atomic E-state index is -0.977. The first-order valence-electron chi connectivity index (χ1n) is 7.10. The summed E-state index contributed by atoms with van der Waals surface area (Å²) < 4.78 is 12.3. The summed E-state index contributed by atoms with van der Waals surface area (Å²) in [7, 11) is 2.87. The number of esters is 1. The molecule has 1 heterocycles. The topological polar surface area (TPSA) is 77.8 Å². The van der Waals surface area contributed by atoms with Gasteiger partial charge in [-0.2, -0.15) is 0 Å². The number of ether oxygens (including phenoxy) is 2. The lowest BCUT2D eigenvalue weighted by atomic mass is 10.1. The van der Waals surface area contributed by atoms with E-state index in [1.807, 2.05) is 35.9 Å². The van der Waals surface area contributed by atoms with Crippen LogP contribution < -0.4 is 4.74 Å². The summed E-state index contributed by atoms with van der Waals surface area (Å²) in [5.74, 6) is -0.991. The van der Waals surface area contributed by atoms with Crippen LogP contribution in [0.15, 0.2) is 24.4 Å². The molecule has 23 heavy (non-hydrogen) atoms. The number of carboxylic acids is 1. The SMILES string of the molecule is CCn1cc(C(SCC(=O)O)C(=O)OC)c2c(OC)cccc21. The van der Waals surface area contributed by atoms with Gasteiger partial charge < -0.3 is 19.1 Å². The number of methoxy groups -OCH3 is 2. The third-order valence-corrected chi connectivity index (χ3v) is 4.72. The zero-order valence-electron chi connectivity index (χ0n) is 13.2. The second-order valence-corrected chi connectivity index (χ2v) is 5.93. The number of thioether (sulfide) groups is 1. The summed E-state index contributed by atoms with van der Waals surface area (Å²) in [6.45, 7) is 2.72. The standard InChI is InChI=1S/C16H19NO5S/c1-4-17-8-10(14-11(17)6-5-7-12(14)21-2)15(16(20)22-3)23-9-13(18)19/h5-8,15H,4,9H2,1-3H3,(H,18,19). The van der Waals surface area contributed by atoms with Crippen molar-refractivity contribution in [1.82, 2.24) is 4.57 Å². The number of carbonyl (C=O) groups excluding carboxylic acids is 1. The molecule has 2 aromatic rings.